The van der Waals surface area contributed by atoms with Crippen LogP contribution in [0, 0.1) is 5.92 Å². The molecule has 0 radical (unpaired) electrons. The second-order valence-corrected chi connectivity index (χ2v) is 10.1. The average Bonchev–Trinajstić information content (AvgIpc) is 2.79. The normalized spacial score (nSPS) is 19.3. The standard InChI is InChI=1S/C21H32ClN3O5S/c1-2-30-20-5-4-18(16-19(20)22)31(27,28)25-10-6-17(7-11-25)21(26)23-8-3-9-24-12-14-29-15-13-24/h4-5,16-17H,2-3,6-15H2,1H3,(H,23,26). The number of hydrogen-bond acceptors (Lipinski definition) is 6. The van der Waals surface area contributed by atoms with E-state index in [2.05, 4.69) is 10.2 Å². The average molecular weight is 474 g/mol. The molecule has 3 rings (SSSR count). The number of carbonyl (C=O) groups is 1. The van der Waals surface area contributed by atoms with Gasteiger partial charge in [0.15, 0.2) is 0 Å². The van der Waals surface area contributed by atoms with E-state index >= 15 is 0 Å². The molecule has 10 heteroatoms. The fourth-order valence-corrected chi connectivity index (χ4v) is 5.70. The number of piperidine rings is 1. The molecule has 8 nitrogen and oxygen atoms in total. The van der Waals surface area contributed by atoms with Gasteiger partial charge in [-0.25, -0.2) is 8.42 Å². The van der Waals surface area contributed by atoms with Gasteiger partial charge in [-0.05, 0) is 50.9 Å². The predicted octanol–water partition coefficient (Wildman–Crippen LogP) is 1.98. The van der Waals surface area contributed by atoms with Crippen molar-refractivity contribution >= 4 is 27.5 Å². The van der Waals surface area contributed by atoms with Gasteiger partial charge in [-0.1, -0.05) is 11.6 Å². The van der Waals surface area contributed by atoms with Crippen molar-refractivity contribution in [3.05, 3.63) is 23.2 Å². The van der Waals surface area contributed by atoms with Crippen molar-refractivity contribution in [2.45, 2.75) is 31.1 Å². The molecule has 0 aliphatic carbocycles. The number of morpholine rings is 1. The van der Waals surface area contributed by atoms with Crippen LogP contribution in [0.1, 0.15) is 26.2 Å². The van der Waals surface area contributed by atoms with Gasteiger partial charge in [-0.3, -0.25) is 9.69 Å². The third kappa shape index (κ3) is 6.55. The maximum atomic E-state index is 13.0. The zero-order valence-corrected chi connectivity index (χ0v) is 19.6. The smallest absolute Gasteiger partial charge is 0.243 e. The van der Waals surface area contributed by atoms with Gasteiger partial charge >= 0.3 is 0 Å². The second kappa shape index (κ2) is 11.5. The largest absolute Gasteiger partial charge is 0.492 e. The third-order valence-corrected chi connectivity index (χ3v) is 7.91. The van der Waals surface area contributed by atoms with E-state index in [1.165, 1.54) is 16.4 Å². The van der Waals surface area contributed by atoms with E-state index in [9.17, 15) is 13.2 Å². The summed E-state index contributed by atoms with van der Waals surface area (Å²) in [4.78, 5) is 15.0. The van der Waals surface area contributed by atoms with Crippen molar-refractivity contribution in [2.75, 3.05) is 59.1 Å². The number of rotatable bonds is 9. The molecule has 2 fully saturated rings. The zero-order chi connectivity index (χ0) is 22.3. The Morgan fingerprint density at radius 3 is 2.58 bits per heavy atom. The summed E-state index contributed by atoms with van der Waals surface area (Å²) in [5.41, 5.74) is 0. The number of halogens is 1. The van der Waals surface area contributed by atoms with Gasteiger partial charge < -0.3 is 14.8 Å². The zero-order valence-electron chi connectivity index (χ0n) is 18.0. The molecule has 2 aliphatic rings. The Morgan fingerprint density at radius 1 is 1.23 bits per heavy atom. The van der Waals surface area contributed by atoms with Crippen LogP contribution in [-0.2, 0) is 19.6 Å². The molecular formula is C21H32ClN3O5S. The Balaban J connectivity index is 1.44. The van der Waals surface area contributed by atoms with Crippen LogP contribution in [0.5, 0.6) is 5.75 Å². The molecule has 2 saturated heterocycles. The number of nitrogens with one attached hydrogen (secondary N) is 1. The molecule has 1 aromatic rings. The molecule has 0 spiro atoms. The van der Waals surface area contributed by atoms with Crippen LogP contribution in [0.15, 0.2) is 23.1 Å². The lowest BCUT2D eigenvalue weighted by Crippen LogP contribution is -2.43. The van der Waals surface area contributed by atoms with Crippen LogP contribution >= 0.6 is 11.6 Å². The topological polar surface area (TPSA) is 88.2 Å². The van der Waals surface area contributed by atoms with E-state index in [4.69, 9.17) is 21.1 Å². The first-order valence-corrected chi connectivity index (χ1v) is 12.7. The summed E-state index contributed by atoms with van der Waals surface area (Å²) in [5, 5.41) is 3.28. The summed E-state index contributed by atoms with van der Waals surface area (Å²) in [7, 11) is -3.65. The minimum Gasteiger partial charge on any atom is -0.492 e. The van der Waals surface area contributed by atoms with Crippen LogP contribution in [0.2, 0.25) is 5.02 Å². The number of amides is 1. The van der Waals surface area contributed by atoms with Gasteiger partial charge in [0.2, 0.25) is 15.9 Å². The highest BCUT2D eigenvalue weighted by Gasteiger charge is 2.32. The second-order valence-electron chi connectivity index (χ2n) is 7.80. The van der Waals surface area contributed by atoms with Gasteiger partial charge in [0.25, 0.3) is 0 Å². The maximum absolute atomic E-state index is 13.0. The van der Waals surface area contributed by atoms with E-state index in [-0.39, 0.29) is 21.7 Å². The molecule has 1 N–H and O–H groups in total. The summed E-state index contributed by atoms with van der Waals surface area (Å²) >= 11 is 6.16. The number of nitrogens with zero attached hydrogens (tertiary/aromatic N) is 2. The Labute approximate surface area is 189 Å². The van der Waals surface area contributed by atoms with E-state index in [0.29, 0.717) is 44.8 Å². The lowest BCUT2D eigenvalue weighted by atomic mass is 9.97. The first-order valence-electron chi connectivity index (χ1n) is 10.9. The fraction of sp³-hybridized carbons (Fsp3) is 0.667. The van der Waals surface area contributed by atoms with E-state index in [1.54, 1.807) is 6.07 Å². The summed E-state index contributed by atoms with van der Waals surface area (Å²) in [6.07, 6.45) is 1.93. The van der Waals surface area contributed by atoms with Crippen LogP contribution in [0.25, 0.3) is 0 Å². The Morgan fingerprint density at radius 2 is 1.94 bits per heavy atom. The maximum Gasteiger partial charge on any atom is 0.243 e. The quantitative estimate of drug-likeness (QED) is 0.552. The van der Waals surface area contributed by atoms with Crippen molar-refractivity contribution in [2.24, 2.45) is 5.92 Å². The number of ether oxygens (including phenoxy) is 2. The molecule has 0 aromatic heterocycles. The lowest BCUT2D eigenvalue weighted by molar-refractivity contribution is -0.126. The van der Waals surface area contributed by atoms with Crippen molar-refractivity contribution in [1.82, 2.24) is 14.5 Å². The minimum absolute atomic E-state index is 0.0168. The van der Waals surface area contributed by atoms with Gasteiger partial charge in [0.1, 0.15) is 5.75 Å². The highest BCUT2D eigenvalue weighted by Crippen LogP contribution is 2.30. The Bertz CT molecular complexity index is 837. The molecule has 0 bridgehead atoms. The van der Waals surface area contributed by atoms with Crippen LogP contribution in [0.4, 0.5) is 0 Å². The first-order chi connectivity index (χ1) is 14.9. The van der Waals surface area contributed by atoms with Gasteiger partial charge in [0, 0.05) is 38.6 Å². The fourth-order valence-electron chi connectivity index (χ4n) is 3.91. The number of benzene rings is 1. The summed E-state index contributed by atoms with van der Waals surface area (Å²) in [6.45, 7) is 7.96. The number of sulfonamides is 1. The van der Waals surface area contributed by atoms with Gasteiger partial charge in [-0.15, -0.1) is 0 Å². The van der Waals surface area contributed by atoms with E-state index in [0.717, 1.165) is 39.3 Å². The molecule has 0 saturated carbocycles. The SMILES string of the molecule is CCOc1ccc(S(=O)(=O)N2CCC(C(=O)NCCCN3CCOCC3)CC2)cc1Cl. The van der Waals surface area contributed by atoms with Crippen molar-refractivity contribution in [1.29, 1.82) is 0 Å². The Kier molecular flexibility index (Phi) is 8.97. The number of carbonyl (C=O) groups excluding carboxylic acids is 1. The molecule has 174 valence electrons. The molecule has 1 aromatic carbocycles. The van der Waals surface area contributed by atoms with Crippen molar-refractivity contribution < 1.29 is 22.7 Å². The molecule has 0 atom stereocenters. The molecular weight excluding hydrogens is 442 g/mol. The third-order valence-electron chi connectivity index (χ3n) is 5.72. The summed E-state index contributed by atoms with van der Waals surface area (Å²) in [6, 6.07) is 4.52. The highest BCUT2D eigenvalue weighted by molar-refractivity contribution is 7.89. The Hall–Kier alpha value is -1.39. The molecule has 2 heterocycles. The minimum atomic E-state index is -3.65. The number of hydrogen-bond donors (Lipinski definition) is 1. The van der Waals surface area contributed by atoms with Gasteiger partial charge in [-0.2, -0.15) is 4.31 Å². The predicted molar refractivity (Wildman–Crippen MR) is 119 cm³/mol. The van der Waals surface area contributed by atoms with E-state index < -0.39 is 10.0 Å². The molecule has 0 unspecified atom stereocenters. The van der Waals surface area contributed by atoms with Crippen LogP contribution < -0.4 is 10.1 Å². The van der Waals surface area contributed by atoms with Crippen LogP contribution in [0.3, 0.4) is 0 Å². The first kappa shape index (κ1) is 24.3. The van der Waals surface area contributed by atoms with Gasteiger partial charge in [0.05, 0.1) is 29.7 Å². The van der Waals surface area contributed by atoms with Crippen molar-refractivity contribution in [3.63, 3.8) is 0 Å². The van der Waals surface area contributed by atoms with Crippen LogP contribution in [-0.4, -0.2) is 82.6 Å². The van der Waals surface area contributed by atoms with Crippen molar-refractivity contribution in [3.8, 4) is 5.75 Å². The monoisotopic (exact) mass is 473 g/mol. The highest BCUT2D eigenvalue weighted by atomic mass is 35.5. The lowest BCUT2D eigenvalue weighted by Gasteiger charge is -2.31. The summed E-state index contributed by atoms with van der Waals surface area (Å²) < 4.78 is 38.1. The molecule has 1 amide bonds. The van der Waals surface area contributed by atoms with E-state index in [1.807, 2.05) is 6.92 Å². The summed E-state index contributed by atoms with van der Waals surface area (Å²) in [5.74, 6) is 0.328. The molecule has 2 aliphatic heterocycles. The molecule has 31 heavy (non-hydrogen) atoms.